The van der Waals surface area contributed by atoms with Gasteiger partial charge in [-0.05, 0) is 0 Å². The van der Waals surface area contributed by atoms with Gasteiger partial charge < -0.3 is 27.8 Å². The molecule has 59 valence electrons. The minimum atomic E-state index is -0.488. The molecule has 1 N–H and O–H groups in total. The van der Waals surface area contributed by atoms with Crippen molar-refractivity contribution in [2.24, 2.45) is 7.05 Å². The monoisotopic (exact) mass is 229 g/mol. The van der Waals surface area contributed by atoms with E-state index in [1.165, 1.54) is 17.8 Å². The molecule has 0 saturated heterocycles. The third-order valence-corrected chi connectivity index (χ3v) is 0.930. The van der Waals surface area contributed by atoms with Crippen LogP contribution in [-0.2, 0) is 39.8 Å². The van der Waals surface area contributed by atoms with Crippen LogP contribution in [0.15, 0.2) is 15.8 Å². The van der Waals surface area contributed by atoms with Crippen molar-refractivity contribution in [3.8, 4) is 0 Å². The molecule has 0 spiro atoms. The van der Waals surface area contributed by atoms with Gasteiger partial charge in [0.05, 0.1) is 5.56 Å². The van der Waals surface area contributed by atoms with Crippen molar-refractivity contribution >= 4 is 0 Å². The Bertz CT molecular complexity index is 315. The molecule has 0 bridgehead atoms. The Morgan fingerprint density at radius 2 is 2.09 bits per heavy atom. The number of rotatable bonds is 0. The number of aromatic nitrogens is 2. The van der Waals surface area contributed by atoms with Crippen LogP contribution >= 0.6 is 0 Å². The molecule has 0 aromatic carbocycles. The van der Waals surface area contributed by atoms with Gasteiger partial charge in [0.2, 0.25) is 0 Å². The Kier molecular flexibility index (Phi) is 6.61. The summed E-state index contributed by atoms with van der Waals surface area (Å²) >= 11 is 0. The Labute approximate surface area is 89.5 Å². The summed E-state index contributed by atoms with van der Waals surface area (Å²) in [5.41, 5.74) is -0.906. The minimum Gasteiger partial charge on any atom is -0.387 e. The van der Waals surface area contributed by atoms with Crippen LogP contribution in [0.4, 0.5) is 0 Å². The minimum absolute atomic E-state index is 0. The van der Waals surface area contributed by atoms with E-state index < -0.39 is 11.2 Å². The predicted octanol–water partition coefficient (Wildman–Crippen LogP) is -0.678. The van der Waals surface area contributed by atoms with Crippen molar-refractivity contribution in [1.29, 1.82) is 0 Å². The smallest absolute Gasteiger partial charge is 0.323 e. The SMILES string of the molecule is Cn1c[c-]c(=O)[nH]c1=O.[CH3-].[Y]. The van der Waals surface area contributed by atoms with E-state index in [9.17, 15) is 9.59 Å². The molecular formula is C6H8N2O2Y-2. The van der Waals surface area contributed by atoms with Crippen LogP contribution in [0.1, 0.15) is 0 Å². The van der Waals surface area contributed by atoms with E-state index in [4.69, 9.17) is 0 Å². The van der Waals surface area contributed by atoms with Crippen molar-refractivity contribution in [1.82, 2.24) is 9.55 Å². The summed E-state index contributed by atoms with van der Waals surface area (Å²) < 4.78 is 1.24. The molecule has 0 aliphatic heterocycles. The summed E-state index contributed by atoms with van der Waals surface area (Å²) in [7, 11) is 1.54. The molecule has 1 aromatic rings. The van der Waals surface area contributed by atoms with Crippen molar-refractivity contribution in [2.75, 3.05) is 0 Å². The van der Waals surface area contributed by atoms with Gasteiger partial charge in [0.1, 0.15) is 0 Å². The predicted molar refractivity (Wildman–Crippen MR) is 37.6 cm³/mol. The average Bonchev–Trinajstić information content (AvgIpc) is 1.80. The summed E-state index contributed by atoms with van der Waals surface area (Å²) in [6, 6.07) is 2.29. The zero-order chi connectivity index (χ0) is 6.85. The molecule has 1 heterocycles. The quantitative estimate of drug-likeness (QED) is 0.599. The fourth-order valence-corrected chi connectivity index (χ4v) is 0.435. The van der Waals surface area contributed by atoms with Crippen LogP contribution in [-0.4, -0.2) is 9.55 Å². The van der Waals surface area contributed by atoms with Crippen molar-refractivity contribution < 1.29 is 32.7 Å². The van der Waals surface area contributed by atoms with Crippen LogP contribution in [0.3, 0.4) is 0 Å². The molecule has 1 radical (unpaired) electrons. The molecule has 0 amide bonds. The molecule has 0 atom stereocenters. The van der Waals surface area contributed by atoms with Gasteiger partial charge in [0.25, 0.3) is 0 Å². The van der Waals surface area contributed by atoms with E-state index in [0.717, 1.165) is 0 Å². The van der Waals surface area contributed by atoms with Gasteiger partial charge in [-0.15, -0.1) is 0 Å². The number of aromatic amines is 1. The maximum absolute atomic E-state index is 10.5. The molecule has 4 nitrogen and oxygen atoms in total. The first-order chi connectivity index (χ1) is 4.20. The number of hydrogen-bond donors (Lipinski definition) is 1. The van der Waals surface area contributed by atoms with Gasteiger partial charge in [-0.1, -0.05) is 0 Å². The van der Waals surface area contributed by atoms with E-state index in [1.54, 1.807) is 0 Å². The third-order valence-electron chi connectivity index (χ3n) is 0.930. The summed E-state index contributed by atoms with van der Waals surface area (Å²) in [5.74, 6) is 0. The second-order valence-electron chi connectivity index (χ2n) is 1.64. The zero-order valence-corrected chi connectivity index (χ0v) is 9.26. The standard InChI is InChI=1S/C5H5N2O2.CH3.Y/c1-7-3-2-4(8)6-5(7)9;;/h3H,1H3,(H,6,8,9);1H3;/q2*-1;. The van der Waals surface area contributed by atoms with Crippen LogP contribution in [0.25, 0.3) is 0 Å². The van der Waals surface area contributed by atoms with Crippen molar-refractivity contribution in [2.45, 2.75) is 0 Å². The summed E-state index contributed by atoms with van der Waals surface area (Å²) in [4.78, 5) is 22.9. The van der Waals surface area contributed by atoms with Crippen LogP contribution < -0.4 is 11.2 Å². The summed E-state index contributed by atoms with van der Waals surface area (Å²) in [5, 5.41) is 0. The van der Waals surface area contributed by atoms with E-state index in [-0.39, 0.29) is 40.1 Å². The fourth-order valence-electron chi connectivity index (χ4n) is 0.435. The van der Waals surface area contributed by atoms with E-state index >= 15 is 0 Å². The maximum Gasteiger partial charge on any atom is 0.323 e. The maximum atomic E-state index is 10.5. The first-order valence-corrected chi connectivity index (χ1v) is 2.38. The number of nitrogens with zero attached hydrogens (tertiary/aromatic N) is 1. The first kappa shape index (κ1) is 13.4. The first-order valence-electron chi connectivity index (χ1n) is 2.38. The number of nitrogens with one attached hydrogen (secondary N) is 1. The molecule has 0 aliphatic carbocycles. The van der Waals surface area contributed by atoms with Crippen LogP contribution in [0, 0.1) is 13.5 Å². The summed E-state index contributed by atoms with van der Waals surface area (Å²) in [6.45, 7) is 0. The Balaban J connectivity index is 0. The van der Waals surface area contributed by atoms with Gasteiger partial charge in [-0.25, -0.2) is 4.79 Å². The van der Waals surface area contributed by atoms with Crippen molar-refractivity contribution in [3.63, 3.8) is 0 Å². The van der Waals surface area contributed by atoms with E-state index in [0.29, 0.717) is 0 Å². The molecule has 11 heavy (non-hydrogen) atoms. The van der Waals surface area contributed by atoms with Crippen LogP contribution in [0.2, 0.25) is 0 Å². The molecule has 1 rings (SSSR count). The summed E-state index contributed by atoms with van der Waals surface area (Å²) in [6.07, 6.45) is 1.29. The van der Waals surface area contributed by atoms with Gasteiger partial charge in [0, 0.05) is 39.8 Å². The number of hydrogen-bond acceptors (Lipinski definition) is 2. The third kappa shape index (κ3) is 3.63. The van der Waals surface area contributed by atoms with Gasteiger partial charge in [-0.3, -0.25) is 0 Å². The number of aryl methyl sites for hydroxylation is 1. The Morgan fingerprint density at radius 1 is 1.55 bits per heavy atom. The Morgan fingerprint density at radius 3 is 2.45 bits per heavy atom. The normalized spacial score (nSPS) is 7.73. The number of H-pyrrole nitrogens is 1. The molecule has 0 fully saturated rings. The zero-order valence-electron chi connectivity index (χ0n) is 6.42. The average molecular weight is 229 g/mol. The molecule has 0 aliphatic rings. The van der Waals surface area contributed by atoms with Crippen molar-refractivity contribution in [3.05, 3.63) is 40.5 Å². The molecule has 5 heteroatoms. The van der Waals surface area contributed by atoms with Gasteiger partial charge in [-0.2, -0.15) is 6.20 Å². The Hall–Kier alpha value is -0.216. The molecule has 1 aromatic heterocycles. The largest absolute Gasteiger partial charge is 0.387 e. The molecule has 0 saturated carbocycles. The molecular weight excluding hydrogens is 221 g/mol. The van der Waals surface area contributed by atoms with Gasteiger partial charge >= 0.3 is 5.69 Å². The van der Waals surface area contributed by atoms with Crippen LogP contribution in [0.5, 0.6) is 0 Å². The van der Waals surface area contributed by atoms with Gasteiger partial charge in [0.15, 0.2) is 0 Å². The molecule has 0 unspecified atom stereocenters. The second kappa shape index (κ2) is 5.44. The fraction of sp³-hybridized carbons (Fsp3) is 0.167. The topological polar surface area (TPSA) is 54.9 Å². The van der Waals surface area contributed by atoms with E-state index in [1.807, 2.05) is 4.98 Å². The second-order valence-corrected chi connectivity index (χ2v) is 1.64. The van der Waals surface area contributed by atoms with E-state index in [2.05, 4.69) is 6.07 Å².